The first-order valence-corrected chi connectivity index (χ1v) is 15.4. The Morgan fingerprint density at radius 2 is 1.28 bits per heavy atom. The Morgan fingerprint density at radius 3 is 1.83 bits per heavy atom. The van der Waals surface area contributed by atoms with Crippen molar-refractivity contribution in [2.75, 3.05) is 47.6 Å². The monoisotopic (exact) mass is 509 g/mol. The second kappa shape index (κ2) is 19.4. The van der Waals surface area contributed by atoms with Crippen LogP contribution in [0.4, 0.5) is 0 Å². The summed E-state index contributed by atoms with van der Waals surface area (Å²) in [6.45, 7) is 5.25. The van der Waals surface area contributed by atoms with Gasteiger partial charge in [-0.2, -0.15) is 0 Å². The number of esters is 1. The Hall–Kier alpha value is -0.650. The van der Waals surface area contributed by atoms with E-state index < -0.39 is 0 Å². The number of nitrogens with zero attached hydrogens (tertiary/aromatic N) is 1. The number of hydrogen-bond acceptors (Lipinski definition) is 5. The van der Waals surface area contributed by atoms with Crippen LogP contribution in [0.3, 0.4) is 0 Å². The molecule has 5 atom stereocenters. The SMILES string of the molecule is CCCCCC1CC1CC1CC1CCCCCCCCOCC(COCCCCC(=O)OC)N(C)C. The number of carbonyl (C=O) groups excluding carboxylic acids is 1. The normalized spacial score (nSPS) is 23.7. The number of likely N-dealkylation sites (N-methyl/N-ethyl adjacent to an activating group) is 1. The van der Waals surface area contributed by atoms with Crippen LogP contribution < -0.4 is 0 Å². The summed E-state index contributed by atoms with van der Waals surface area (Å²) < 4.78 is 16.4. The van der Waals surface area contributed by atoms with Crippen molar-refractivity contribution in [3.63, 3.8) is 0 Å². The van der Waals surface area contributed by atoms with Gasteiger partial charge in [-0.3, -0.25) is 4.79 Å². The van der Waals surface area contributed by atoms with Crippen LogP contribution in [0.2, 0.25) is 0 Å². The molecule has 5 unspecified atom stereocenters. The van der Waals surface area contributed by atoms with Crippen LogP contribution >= 0.6 is 0 Å². The predicted molar refractivity (Wildman–Crippen MR) is 149 cm³/mol. The highest BCUT2D eigenvalue weighted by molar-refractivity contribution is 5.68. The molecule has 0 bridgehead atoms. The summed E-state index contributed by atoms with van der Waals surface area (Å²) in [6.07, 6.45) is 22.2. The molecule has 0 heterocycles. The lowest BCUT2D eigenvalue weighted by Crippen LogP contribution is -2.37. The van der Waals surface area contributed by atoms with E-state index >= 15 is 0 Å². The number of rotatable bonds is 25. The standard InChI is InChI=1S/C31H59NO4/c1-5-6-11-16-26-21-28(26)23-29-22-27(29)17-12-9-7-8-10-14-19-35-24-30(32(2)3)25-36-20-15-13-18-31(33)34-4/h26-30H,5-25H2,1-4H3. The quantitative estimate of drug-likeness (QED) is 0.0957. The molecule has 0 saturated heterocycles. The third-order valence-corrected chi connectivity index (χ3v) is 8.53. The first-order chi connectivity index (χ1) is 17.5. The molecule has 0 amide bonds. The van der Waals surface area contributed by atoms with Crippen LogP contribution in [0.1, 0.15) is 116 Å². The zero-order valence-electron chi connectivity index (χ0n) is 24.3. The zero-order valence-corrected chi connectivity index (χ0v) is 24.3. The average molecular weight is 510 g/mol. The van der Waals surface area contributed by atoms with Crippen molar-refractivity contribution in [3.05, 3.63) is 0 Å². The third kappa shape index (κ3) is 14.9. The van der Waals surface area contributed by atoms with Crippen molar-refractivity contribution in [1.29, 1.82) is 0 Å². The maximum Gasteiger partial charge on any atom is 0.305 e. The molecular weight excluding hydrogens is 450 g/mol. The molecule has 5 heteroatoms. The van der Waals surface area contributed by atoms with Crippen molar-refractivity contribution in [3.8, 4) is 0 Å². The van der Waals surface area contributed by atoms with Crippen molar-refractivity contribution >= 4 is 5.97 Å². The molecule has 0 aromatic heterocycles. The summed E-state index contributed by atoms with van der Waals surface area (Å²) in [6, 6.07) is 0.281. The summed E-state index contributed by atoms with van der Waals surface area (Å²) in [5.74, 6) is 4.27. The van der Waals surface area contributed by atoms with E-state index in [0.717, 1.165) is 49.7 Å². The fraction of sp³-hybridized carbons (Fsp3) is 0.968. The third-order valence-electron chi connectivity index (χ3n) is 8.53. The second-order valence-corrected chi connectivity index (χ2v) is 12.0. The van der Waals surface area contributed by atoms with Crippen LogP contribution in [0.5, 0.6) is 0 Å². The van der Waals surface area contributed by atoms with E-state index in [2.05, 4.69) is 30.7 Å². The smallest absolute Gasteiger partial charge is 0.305 e. The van der Waals surface area contributed by atoms with Crippen LogP contribution in [0.25, 0.3) is 0 Å². The summed E-state index contributed by atoms with van der Waals surface area (Å²) in [5.41, 5.74) is 0. The molecule has 0 aromatic rings. The van der Waals surface area contributed by atoms with E-state index in [1.807, 2.05) is 0 Å². The van der Waals surface area contributed by atoms with Gasteiger partial charge < -0.3 is 19.1 Å². The number of ether oxygens (including phenoxy) is 3. The van der Waals surface area contributed by atoms with E-state index in [9.17, 15) is 4.79 Å². The lowest BCUT2D eigenvalue weighted by Gasteiger charge is -2.24. The fourth-order valence-electron chi connectivity index (χ4n) is 5.63. The van der Waals surface area contributed by atoms with Gasteiger partial charge in [-0.15, -0.1) is 0 Å². The van der Waals surface area contributed by atoms with E-state index in [0.29, 0.717) is 19.6 Å². The van der Waals surface area contributed by atoms with Crippen molar-refractivity contribution in [2.45, 2.75) is 122 Å². The molecule has 5 nitrogen and oxygen atoms in total. The summed E-state index contributed by atoms with van der Waals surface area (Å²) >= 11 is 0. The first kappa shape index (κ1) is 31.6. The lowest BCUT2D eigenvalue weighted by atomic mass is 10.0. The predicted octanol–water partition coefficient (Wildman–Crippen LogP) is 7.27. The number of carbonyl (C=O) groups is 1. The van der Waals surface area contributed by atoms with Crippen LogP contribution in [-0.2, 0) is 19.0 Å². The zero-order chi connectivity index (χ0) is 26.0. The molecule has 2 saturated carbocycles. The van der Waals surface area contributed by atoms with Gasteiger partial charge in [0.1, 0.15) is 0 Å². The lowest BCUT2D eigenvalue weighted by molar-refractivity contribution is -0.140. The number of hydrogen-bond donors (Lipinski definition) is 0. The minimum atomic E-state index is -0.142. The van der Waals surface area contributed by atoms with Gasteiger partial charge in [0.2, 0.25) is 0 Å². The van der Waals surface area contributed by atoms with E-state index in [4.69, 9.17) is 9.47 Å². The minimum Gasteiger partial charge on any atom is -0.469 e. The molecule has 2 aliphatic carbocycles. The average Bonchev–Trinajstić information content (AvgIpc) is 3.79. The van der Waals surface area contributed by atoms with Crippen molar-refractivity contribution in [1.82, 2.24) is 4.90 Å². The molecule has 36 heavy (non-hydrogen) atoms. The molecule has 2 rings (SSSR count). The number of unbranched alkanes of at least 4 members (excludes halogenated alkanes) is 8. The Labute approximate surface area is 223 Å². The second-order valence-electron chi connectivity index (χ2n) is 12.0. The van der Waals surface area contributed by atoms with E-state index in [-0.39, 0.29) is 12.0 Å². The van der Waals surface area contributed by atoms with Crippen LogP contribution in [0, 0.1) is 23.7 Å². The number of methoxy groups -OCH3 is 1. The van der Waals surface area contributed by atoms with Gasteiger partial charge in [0.25, 0.3) is 0 Å². The maximum atomic E-state index is 11.1. The Balaban J connectivity index is 1.32. The Morgan fingerprint density at radius 1 is 0.750 bits per heavy atom. The topological polar surface area (TPSA) is 48.0 Å². The van der Waals surface area contributed by atoms with E-state index in [1.54, 1.807) is 19.3 Å². The highest BCUT2D eigenvalue weighted by Crippen LogP contribution is 2.54. The highest BCUT2D eigenvalue weighted by atomic mass is 16.5. The van der Waals surface area contributed by atoms with Gasteiger partial charge in [-0.05, 0) is 76.3 Å². The molecular formula is C31H59NO4. The molecule has 212 valence electrons. The van der Waals surface area contributed by atoms with Gasteiger partial charge >= 0.3 is 5.97 Å². The Bertz CT molecular complexity index is 555. The van der Waals surface area contributed by atoms with Gasteiger partial charge in [0, 0.05) is 19.6 Å². The molecule has 2 fully saturated rings. The van der Waals surface area contributed by atoms with E-state index in [1.165, 1.54) is 77.7 Å². The van der Waals surface area contributed by atoms with Gasteiger partial charge in [0.15, 0.2) is 0 Å². The van der Waals surface area contributed by atoms with Gasteiger partial charge in [-0.1, -0.05) is 71.1 Å². The maximum absolute atomic E-state index is 11.1. The summed E-state index contributed by atoms with van der Waals surface area (Å²) in [7, 11) is 5.59. The molecule has 0 aromatic carbocycles. The fourth-order valence-corrected chi connectivity index (χ4v) is 5.63. The molecule has 0 N–H and O–H groups in total. The summed E-state index contributed by atoms with van der Waals surface area (Å²) in [5, 5.41) is 0. The minimum absolute atomic E-state index is 0.142. The van der Waals surface area contributed by atoms with Gasteiger partial charge in [-0.25, -0.2) is 0 Å². The highest BCUT2D eigenvalue weighted by Gasteiger charge is 2.44. The molecule has 0 spiro atoms. The molecule has 2 aliphatic rings. The van der Waals surface area contributed by atoms with Crippen LogP contribution in [-0.4, -0.2) is 64.5 Å². The van der Waals surface area contributed by atoms with Crippen molar-refractivity contribution < 1.29 is 19.0 Å². The van der Waals surface area contributed by atoms with Crippen LogP contribution in [0.15, 0.2) is 0 Å². The Kier molecular flexibility index (Phi) is 17.0. The van der Waals surface area contributed by atoms with Crippen molar-refractivity contribution in [2.24, 2.45) is 23.7 Å². The largest absolute Gasteiger partial charge is 0.469 e. The first-order valence-electron chi connectivity index (χ1n) is 15.4. The molecule has 0 radical (unpaired) electrons. The molecule has 0 aliphatic heterocycles. The van der Waals surface area contributed by atoms with Gasteiger partial charge in [0.05, 0.1) is 26.4 Å². The summed E-state index contributed by atoms with van der Waals surface area (Å²) in [4.78, 5) is 13.3.